The highest BCUT2D eigenvalue weighted by Gasteiger charge is 2.35. The predicted octanol–water partition coefficient (Wildman–Crippen LogP) is 4.16. The Bertz CT molecular complexity index is 1600. The molecule has 39 heavy (non-hydrogen) atoms. The maximum Gasteiger partial charge on any atom is 0.338 e. The highest BCUT2D eigenvalue weighted by molar-refractivity contribution is 7.07. The number of nitrogens with zero attached hydrogens (tertiary/aromatic N) is 2. The van der Waals surface area contributed by atoms with Gasteiger partial charge in [0.15, 0.2) is 16.3 Å². The molecule has 4 rings (SSSR count). The van der Waals surface area contributed by atoms with Crippen molar-refractivity contribution in [2.45, 2.75) is 39.8 Å². The van der Waals surface area contributed by atoms with Crippen molar-refractivity contribution in [2.24, 2.45) is 4.99 Å². The first-order valence-electron chi connectivity index (χ1n) is 12.7. The van der Waals surface area contributed by atoms with Crippen LogP contribution in [0.4, 0.5) is 0 Å². The summed E-state index contributed by atoms with van der Waals surface area (Å²) in [6.45, 7) is 11.5. The van der Waals surface area contributed by atoms with Crippen LogP contribution in [0.25, 0.3) is 6.08 Å². The second-order valence-electron chi connectivity index (χ2n) is 8.99. The van der Waals surface area contributed by atoms with E-state index in [4.69, 9.17) is 18.9 Å². The zero-order valence-corrected chi connectivity index (χ0v) is 23.5. The zero-order chi connectivity index (χ0) is 28.1. The van der Waals surface area contributed by atoms with E-state index in [1.54, 1.807) is 43.7 Å². The largest absolute Gasteiger partial charge is 0.493 e. The number of rotatable bonds is 10. The molecule has 0 aliphatic carbocycles. The molecule has 2 heterocycles. The fraction of sp³-hybridized carbons (Fsp3) is 0.300. The van der Waals surface area contributed by atoms with E-state index in [1.165, 1.54) is 11.3 Å². The quantitative estimate of drug-likeness (QED) is 0.279. The molecule has 0 bridgehead atoms. The van der Waals surface area contributed by atoms with Gasteiger partial charge in [0.2, 0.25) is 0 Å². The number of thiazole rings is 1. The average Bonchev–Trinajstić information content (AvgIpc) is 3.21. The van der Waals surface area contributed by atoms with Crippen LogP contribution in [-0.4, -0.2) is 37.0 Å². The molecular formula is C30H32N2O6S. The van der Waals surface area contributed by atoms with Crippen molar-refractivity contribution in [3.05, 3.63) is 97.2 Å². The average molecular weight is 549 g/mol. The van der Waals surface area contributed by atoms with E-state index >= 15 is 0 Å². The Kier molecular flexibility index (Phi) is 8.71. The number of hydrogen-bond donors (Lipinski definition) is 0. The third kappa shape index (κ3) is 5.68. The maximum absolute atomic E-state index is 14.0. The molecule has 0 fully saturated rings. The Morgan fingerprint density at radius 1 is 1.18 bits per heavy atom. The molecule has 2 aromatic carbocycles. The molecular weight excluding hydrogens is 516 g/mol. The van der Waals surface area contributed by atoms with Crippen LogP contribution >= 0.6 is 11.3 Å². The number of methoxy groups -OCH3 is 1. The number of fused-ring (bicyclic) bond motifs is 1. The molecule has 0 amide bonds. The summed E-state index contributed by atoms with van der Waals surface area (Å²) in [6, 6.07) is 12.1. The summed E-state index contributed by atoms with van der Waals surface area (Å²) >= 11 is 1.24. The summed E-state index contributed by atoms with van der Waals surface area (Å²) in [4.78, 5) is 32.4. The Morgan fingerprint density at radius 2 is 1.92 bits per heavy atom. The zero-order valence-electron chi connectivity index (χ0n) is 22.7. The van der Waals surface area contributed by atoms with Crippen LogP contribution in [0.1, 0.15) is 44.9 Å². The van der Waals surface area contributed by atoms with Crippen LogP contribution in [0, 0.1) is 0 Å². The minimum absolute atomic E-state index is 0.111. The molecule has 1 atom stereocenters. The standard InChI is InChI=1S/C30H32N2O6S/c1-7-16-37-27-20(12-11-15-23(27)35-6)17-24-28(33)32-26(21-13-9-10-14-22(21)38-18(3)4)25(29(34)36-8-2)19(5)31-30(32)39-24/h7,9-15,17-18,26H,1,8,16H2,2-6H3/b24-17-. The smallest absolute Gasteiger partial charge is 0.338 e. The normalized spacial score (nSPS) is 15.0. The van der Waals surface area contributed by atoms with Crippen LogP contribution < -0.4 is 29.1 Å². The lowest BCUT2D eigenvalue weighted by Crippen LogP contribution is -2.40. The summed E-state index contributed by atoms with van der Waals surface area (Å²) < 4.78 is 24.8. The number of carbonyl (C=O) groups excluding carboxylic acids is 1. The molecule has 0 radical (unpaired) electrons. The second kappa shape index (κ2) is 12.2. The van der Waals surface area contributed by atoms with Gasteiger partial charge in [0.1, 0.15) is 18.4 Å². The minimum Gasteiger partial charge on any atom is -0.493 e. The van der Waals surface area contributed by atoms with Gasteiger partial charge >= 0.3 is 5.97 Å². The van der Waals surface area contributed by atoms with Gasteiger partial charge in [-0.05, 0) is 45.9 Å². The van der Waals surface area contributed by atoms with Crippen molar-refractivity contribution >= 4 is 23.4 Å². The molecule has 1 aromatic heterocycles. The lowest BCUT2D eigenvalue weighted by molar-refractivity contribution is -0.139. The number of aromatic nitrogens is 1. The number of hydrogen-bond acceptors (Lipinski definition) is 8. The highest BCUT2D eigenvalue weighted by atomic mass is 32.1. The maximum atomic E-state index is 14.0. The van der Waals surface area contributed by atoms with Crippen LogP contribution in [0.5, 0.6) is 17.2 Å². The van der Waals surface area contributed by atoms with Crippen LogP contribution in [0.2, 0.25) is 0 Å². The molecule has 8 nitrogen and oxygen atoms in total. The molecule has 0 N–H and O–H groups in total. The van der Waals surface area contributed by atoms with Crippen molar-refractivity contribution in [1.29, 1.82) is 0 Å². The molecule has 3 aromatic rings. The van der Waals surface area contributed by atoms with Gasteiger partial charge in [-0.15, -0.1) is 0 Å². The van der Waals surface area contributed by atoms with Gasteiger partial charge in [0, 0.05) is 11.1 Å². The first kappa shape index (κ1) is 27.9. The van der Waals surface area contributed by atoms with Crippen molar-refractivity contribution in [1.82, 2.24) is 4.57 Å². The molecule has 1 unspecified atom stereocenters. The Hall–Kier alpha value is -4.11. The van der Waals surface area contributed by atoms with E-state index in [-0.39, 0.29) is 24.9 Å². The van der Waals surface area contributed by atoms with Gasteiger partial charge in [-0.2, -0.15) is 0 Å². The Morgan fingerprint density at radius 3 is 2.62 bits per heavy atom. The highest BCUT2D eigenvalue weighted by Crippen LogP contribution is 2.36. The van der Waals surface area contributed by atoms with Crippen LogP contribution in [0.15, 0.2) is 76.2 Å². The van der Waals surface area contributed by atoms with Crippen LogP contribution in [-0.2, 0) is 9.53 Å². The number of allylic oxidation sites excluding steroid dienone is 1. The second-order valence-corrected chi connectivity index (χ2v) is 9.99. The Labute approximate surface area is 231 Å². The lowest BCUT2D eigenvalue weighted by atomic mass is 9.95. The van der Waals surface area contributed by atoms with E-state index < -0.39 is 12.0 Å². The topological polar surface area (TPSA) is 88.4 Å². The van der Waals surface area contributed by atoms with Gasteiger partial charge in [-0.1, -0.05) is 54.3 Å². The SMILES string of the molecule is C=CCOc1c(/C=c2\sc3n(c2=O)C(c2ccccc2OC(C)C)C(C(=O)OCC)=C(C)N=3)cccc1OC. The molecule has 0 spiro atoms. The summed E-state index contributed by atoms with van der Waals surface area (Å²) in [5, 5.41) is 0. The number of esters is 1. The number of benzene rings is 2. The number of para-hydroxylation sites is 2. The lowest BCUT2D eigenvalue weighted by Gasteiger charge is -2.26. The van der Waals surface area contributed by atoms with Gasteiger partial charge < -0.3 is 18.9 Å². The summed E-state index contributed by atoms with van der Waals surface area (Å²) in [6.07, 6.45) is 3.28. The van der Waals surface area contributed by atoms with Gasteiger partial charge in [0.05, 0.1) is 35.6 Å². The Balaban J connectivity index is 1.98. The summed E-state index contributed by atoms with van der Waals surface area (Å²) in [5.74, 6) is 1.10. The van der Waals surface area contributed by atoms with Crippen molar-refractivity contribution in [3.8, 4) is 17.2 Å². The number of ether oxygens (including phenoxy) is 4. The van der Waals surface area contributed by atoms with Crippen molar-refractivity contribution < 1.29 is 23.7 Å². The molecule has 0 saturated heterocycles. The first-order valence-corrected chi connectivity index (χ1v) is 13.5. The van der Waals surface area contributed by atoms with Gasteiger partial charge in [-0.25, -0.2) is 9.79 Å². The molecule has 1 aliphatic heterocycles. The summed E-state index contributed by atoms with van der Waals surface area (Å²) in [7, 11) is 1.56. The van der Waals surface area contributed by atoms with Crippen molar-refractivity contribution in [2.75, 3.05) is 20.3 Å². The fourth-order valence-corrected chi connectivity index (χ4v) is 5.44. The molecule has 1 aliphatic rings. The van der Waals surface area contributed by atoms with E-state index in [2.05, 4.69) is 11.6 Å². The van der Waals surface area contributed by atoms with E-state index in [0.29, 0.717) is 49.0 Å². The monoisotopic (exact) mass is 548 g/mol. The fourth-order valence-electron chi connectivity index (χ4n) is 4.40. The molecule has 0 saturated carbocycles. The molecule has 204 valence electrons. The minimum atomic E-state index is -0.779. The van der Waals surface area contributed by atoms with E-state index in [1.807, 2.05) is 50.2 Å². The van der Waals surface area contributed by atoms with Crippen molar-refractivity contribution in [3.63, 3.8) is 0 Å². The number of carbonyl (C=O) groups is 1. The first-order chi connectivity index (χ1) is 18.8. The molecule has 9 heteroatoms. The van der Waals surface area contributed by atoms with Gasteiger partial charge in [0.25, 0.3) is 5.56 Å². The summed E-state index contributed by atoms with van der Waals surface area (Å²) in [5.41, 5.74) is 1.83. The third-order valence-corrected chi connectivity index (χ3v) is 6.94. The predicted molar refractivity (Wildman–Crippen MR) is 151 cm³/mol. The van der Waals surface area contributed by atoms with Gasteiger partial charge in [-0.3, -0.25) is 9.36 Å². The van der Waals surface area contributed by atoms with E-state index in [9.17, 15) is 9.59 Å². The third-order valence-electron chi connectivity index (χ3n) is 5.95. The van der Waals surface area contributed by atoms with E-state index in [0.717, 1.165) is 0 Å². The van der Waals surface area contributed by atoms with Crippen LogP contribution in [0.3, 0.4) is 0 Å².